The van der Waals surface area contributed by atoms with E-state index in [-0.39, 0.29) is 29.6 Å². The summed E-state index contributed by atoms with van der Waals surface area (Å²) in [5.41, 5.74) is 0.147. The maximum atomic E-state index is 11.2. The van der Waals surface area contributed by atoms with Gasteiger partial charge in [0.05, 0.1) is 10.9 Å². The molecule has 0 bridgehead atoms. The molecule has 0 saturated heterocycles. The van der Waals surface area contributed by atoms with E-state index in [1.807, 2.05) is 0 Å². The van der Waals surface area contributed by atoms with Crippen molar-refractivity contribution in [3.63, 3.8) is 0 Å². The van der Waals surface area contributed by atoms with Gasteiger partial charge >= 0.3 is 0 Å². The fourth-order valence-corrected chi connectivity index (χ4v) is 1.06. The predicted molar refractivity (Wildman–Crippen MR) is 48.9 cm³/mol. The zero-order valence-electron chi connectivity index (χ0n) is 7.14. The molecule has 5 heteroatoms. The summed E-state index contributed by atoms with van der Waals surface area (Å²) in [6, 6.07) is 6.86. The van der Waals surface area contributed by atoms with Gasteiger partial charge in [0.2, 0.25) is 0 Å². The molecule has 0 fully saturated rings. The molecule has 0 aliphatic carbocycles. The van der Waals surface area contributed by atoms with Gasteiger partial charge in [-0.1, -0.05) is 12.1 Å². The fourth-order valence-electron chi connectivity index (χ4n) is 1.06. The molecule has 0 saturated carbocycles. The van der Waals surface area contributed by atoms with Crippen molar-refractivity contribution in [1.82, 2.24) is 9.71 Å². The summed E-state index contributed by atoms with van der Waals surface area (Å²) >= 11 is 0. The molecule has 4 nitrogen and oxygen atoms in total. The molecular weight excluding hydrogens is 179 g/mol. The van der Waals surface area contributed by atoms with Crippen LogP contribution in [0.15, 0.2) is 35.4 Å². The van der Waals surface area contributed by atoms with E-state index >= 15 is 0 Å². The Morgan fingerprint density at radius 1 is 1.31 bits per heavy atom. The average molecular weight is 185 g/mol. The average Bonchev–Trinajstić information content (AvgIpc) is 2.12. The normalized spacial score (nSPS) is 9.54. The van der Waals surface area contributed by atoms with Crippen molar-refractivity contribution in [3.8, 4) is 0 Å². The zero-order chi connectivity index (χ0) is 8.55. The molecule has 1 aromatic heterocycles. The van der Waals surface area contributed by atoms with Crippen LogP contribution in [0.25, 0.3) is 10.9 Å². The molecule has 0 aliphatic heterocycles. The van der Waals surface area contributed by atoms with Crippen LogP contribution in [-0.2, 0) is 0 Å². The first-order valence-electron chi connectivity index (χ1n) is 3.45. The Kier molecular flexibility index (Phi) is 3.08. The van der Waals surface area contributed by atoms with E-state index in [0.717, 1.165) is 6.33 Å². The van der Waals surface area contributed by atoms with Crippen molar-refractivity contribution < 1.29 is 5.21 Å². The second-order valence-electron chi connectivity index (χ2n) is 2.41. The van der Waals surface area contributed by atoms with Crippen molar-refractivity contribution >= 4 is 40.5 Å². The van der Waals surface area contributed by atoms with Crippen molar-refractivity contribution in [2.24, 2.45) is 0 Å². The van der Waals surface area contributed by atoms with E-state index in [2.05, 4.69) is 4.98 Å². The Labute approximate surface area is 96.1 Å². The first kappa shape index (κ1) is 10.2. The summed E-state index contributed by atoms with van der Waals surface area (Å²) in [5, 5.41) is 9.38. The van der Waals surface area contributed by atoms with Crippen LogP contribution in [0.4, 0.5) is 0 Å². The van der Waals surface area contributed by atoms with Gasteiger partial charge in [-0.05, 0) is 12.1 Å². The molecule has 1 heterocycles. The molecule has 2 aromatic rings. The molecule has 0 unspecified atom stereocenters. The van der Waals surface area contributed by atoms with Crippen LogP contribution in [0.3, 0.4) is 0 Å². The summed E-state index contributed by atoms with van der Waals surface area (Å²) in [5.74, 6) is 0. The van der Waals surface area contributed by atoms with E-state index < -0.39 is 5.56 Å². The summed E-state index contributed by atoms with van der Waals surface area (Å²) < 4.78 is 0.475. The largest absolute Gasteiger partial charge is 0.424 e. The maximum Gasteiger partial charge on any atom is 0.293 e. The van der Waals surface area contributed by atoms with Gasteiger partial charge in [-0.2, -0.15) is 0 Å². The van der Waals surface area contributed by atoms with E-state index in [4.69, 9.17) is 5.21 Å². The molecule has 1 radical (unpaired) electrons. The number of benzene rings is 1. The summed E-state index contributed by atoms with van der Waals surface area (Å²) in [7, 11) is 0. The number of para-hydroxylation sites is 1. The van der Waals surface area contributed by atoms with Crippen molar-refractivity contribution in [2.75, 3.05) is 0 Å². The Hall–Kier alpha value is -0.840. The minimum atomic E-state index is -0.444. The summed E-state index contributed by atoms with van der Waals surface area (Å²) in [6.45, 7) is 0. The topological polar surface area (TPSA) is 55.1 Å². The number of rotatable bonds is 0. The summed E-state index contributed by atoms with van der Waals surface area (Å²) in [4.78, 5) is 15.1. The minimum absolute atomic E-state index is 0. The smallest absolute Gasteiger partial charge is 0.293 e. The summed E-state index contributed by atoms with van der Waals surface area (Å²) in [6.07, 6.45) is 1.09. The standard InChI is InChI=1S/C8H6N2O2.Na/c11-8-6-3-1-2-4-7(6)9-5-10(8)12;/h1-5,12H;. The molecular formula is C8H6N2NaO2. The van der Waals surface area contributed by atoms with Gasteiger partial charge < -0.3 is 5.21 Å². The first-order chi connectivity index (χ1) is 5.79. The van der Waals surface area contributed by atoms with Gasteiger partial charge in [-0.3, -0.25) is 4.79 Å². The van der Waals surface area contributed by atoms with Gasteiger partial charge in [0, 0.05) is 29.6 Å². The van der Waals surface area contributed by atoms with E-state index in [1.54, 1.807) is 24.3 Å². The number of hydrogen-bond donors (Lipinski definition) is 1. The molecule has 0 atom stereocenters. The molecule has 2 rings (SSSR count). The number of nitrogens with zero attached hydrogens (tertiary/aromatic N) is 2. The molecule has 0 amide bonds. The molecule has 0 spiro atoms. The van der Waals surface area contributed by atoms with Gasteiger partial charge in [-0.15, -0.1) is 4.73 Å². The second kappa shape index (κ2) is 3.91. The van der Waals surface area contributed by atoms with Crippen LogP contribution in [-0.4, -0.2) is 44.5 Å². The Balaban J connectivity index is 0.000000845. The third-order valence-corrected chi connectivity index (χ3v) is 1.65. The SMILES string of the molecule is O=c1c2ccccc2ncn1O.[Na]. The zero-order valence-corrected chi connectivity index (χ0v) is 9.14. The van der Waals surface area contributed by atoms with E-state index in [9.17, 15) is 4.79 Å². The Bertz CT molecular complexity index is 481. The molecule has 0 aliphatic rings. The Morgan fingerprint density at radius 3 is 2.77 bits per heavy atom. The van der Waals surface area contributed by atoms with E-state index in [0.29, 0.717) is 15.6 Å². The number of fused-ring (bicyclic) bond motifs is 1. The van der Waals surface area contributed by atoms with Crippen LogP contribution in [0.2, 0.25) is 0 Å². The van der Waals surface area contributed by atoms with Gasteiger partial charge in [-0.25, -0.2) is 4.98 Å². The monoisotopic (exact) mass is 185 g/mol. The third kappa shape index (κ3) is 1.75. The van der Waals surface area contributed by atoms with Crippen LogP contribution in [0, 0.1) is 0 Å². The fraction of sp³-hybridized carbons (Fsp3) is 0. The number of aromatic nitrogens is 2. The van der Waals surface area contributed by atoms with Crippen molar-refractivity contribution in [2.45, 2.75) is 0 Å². The molecule has 1 N–H and O–H groups in total. The first-order valence-corrected chi connectivity index (χ1v) is 3.45. The van der Waals surface area contributed by atoms with Crippen LogP contribution < -0.4 is 5.56 Å². The second-order valence-corrected chi connectivity index (χ2v) is 2.41. The Morgan fingerprint density at radius 2 is 2.00 bits per heavy atom. The van der Waals surface area contributed by atoms with Gasteiger partial charge in [0.25, 0.3) is 5.56 Å². The molecule has 13 heavy (non-hydrogen) atoms. The number of hydrogen-bond acceptors (Lipinski definition) is 3. The van der Waals surface area contributed by atoms with Crippen molar-refractivity contribution in [3.05, 3.63) is 40.9 Å². The molecule has 61 valence electrons. The van der Waals surface area contributed by atoms with E-state index in [1.165, 1.54) is 0 Å². The van der Waals surface area contributed by atoms with Gasteiger partial charge in [0.15, 0.2) is 0 Å². The van der Waals surface area contributed by atoms with Crippen LogP contribution in [0.5, 0.6) is 0 Å². The third-order valence-electron chi connectivity index (χ3n) is 1.65. The minimum Gasteiger partial charge on any atom is -0.424 e. The van der Waals surface area contributed by atoms with Gasteiger partial charge in [0.1, 0.15) is 6.33 Å². The predicted octanol–water partition coefficient (Wildman–Crippen LogP) is 0.253. The van der Waals surface area contributed by atoms with Crippen LogP contribution >= 0.6 is 0 Å². The molecule has 1 aromatic carbocycles. The maximum absolute atomic E-state index is 11.2. The van der Waals surface area contributed by atoms with Crippen LogP contribution in [0.1, 0.15) is 0 Å². The quantitative estimate of drug-likeness (QED) is 0.473. The van der Waals surface area contributed by atoms with Crippen molar-refractivity contribution in [1.29, 1.82) is 0 Å².